The first kappa shape index (κ1) is 20.4. The molecule has 2 aromatic rings. The molecule has 2 aliphatic rings. The molecule has 3 heterocycles. The maximum Gasteiger partial charge on any atom is 0.260 e. The summed E-state index contributed by atoms with van der Waals surface area (Å²) in [5.41, 5.74) is 0. The van der Waals surface area contributed by atoms with Crippen LogP contribution in [0.15, 0.2) is 24.3 Å². The molecular weight excluding hydrogens is 382 g/mol. The van der Waals surface area contributed by atoms with Gasteiger partial charge in [-0.15, -0.1) is 22.6 Å². The van der Waals surface area contributed by atoms with Crippen LogP contribution < -0.4 is 14.8 Å². The number of fused-ring (bicyclic) bond motifs is 1. The predicted molar refractivity (Wildman–Crippen MR) is 106 cm³/mol. The van der Waals surface area contributed by atoms with Gasteiger partial charge < -0.3 is 24.3 Å². The molecule has 1 N–H and O–H groups in total. The van der Waals surface area contributed by atoms with Gasteiger partial charge in [0.05, 0.1) is 13.7 Å². The van der Waals surface area contributed by atoms with Crippen LogP contribution in [0.25, 0.3) is 0 Å². The second kappa shape index (κ2) is 9.25. The third-order valence-corrected chi connectivity index (χ3v) is 5.27. The van der Waals surface area contributed by atoms with Crippen molar-refractivity contribution < 1.29 is 14.3 Å². The monoisotopic (exact) mass is 407 g/mol. The van der Waals surface area contributed by atoms with Gasteiger partial charge in [0.15, 0.2) is 6.61 Å². The Balaban J connectivity index is 0.00000225. The van der Waals surface area contributed by atoms with E-state index >= 15 is 0 Å². The lowest BCUT2D eigenvalue weighted by Gasteiger charge is -2.32. The van der Waals surface area contributed by atoms with Crippen molar-refractivity contribution in [2.24, 2.45) is 0 Å². The second-order valence-electron chi connectivity index (χ2n) is 6.93. The van der Waals surface area contributed by atoms with E-state index in [1.165, 1.54) is 0 Å². The number of ether oxygens (including phenoxy) is 2. The number of hydrogen-bond donors (Lipinski definition) is 1. The van der Waals surface area contributed by atoms with Crippen molar-refractivity contribution in [3.8, 4) is 11.5 Å². The second-order valence-corrected chi connectivity index (χ2v) is 6.93. The molecule has 1 aromatic heterocycles. The van der Waals surface area contributed by atoms with Gasteiger partial charge in [-0.25, -0.2) is 0 Å². The number of rotatable bonds is 5. The summed E-state index contributed by atoms with van der Waals surface area (Å²) in [5, 5.41) is 12.0. The van der Waals surface area contributed by atoms with Crippen LogP contribution in [0.5, 0.6) is 11.5 Å². The Kier molecular flexibility index (Phi) is 6.74. The maximum atomic E-state index is 12.5. The molecule has 1 fully saturated rings. The highest BCUT2D eigenvalue weighted by molar-refractivity contribution is 5.85. The van der Waals surface area contributed by atoms with Gasteiger partial charge in [-0.05, 0) is 25.0 Å². The van der Waals surface area contributed by atoms with Crippen LogP contribution in [0, 0.1) is 0 Å². The first-order valence-electron chi connectivity index (χ1n) is 9.42. The van der Waals surface area contributed by atoms with Crippen molar-refractivity contribution in [2.75, 3.05) is 33.4 Å². The molecule has 1 saturated heterocycles. The minimum atomic E-state index is 0. The first-order valence-corrected chi connectivity index (χ1v) is 9.42. The molecule has 0 saturated carbocycles. The van der Waals surface area contributed by atoms with Crippen molar-refractivity contribution >= 4 is 18.3 Å². The molecule has 1 amide bonds. The number of halogens is 1. The highest BCUT2D eigenvalue weighted by Gasteiger charge is 2.28. The summed E-state index contributed by atoms with van der Waals surface area (Å²) in [6.07, 6.45) is 1.83. The number of methoxy groups -OCH3 is 1. The fourth-order valence-electron chi connectivity index (χ4n) is 3.73. The van der Waals surface area contributed by atoms with E-state index in [0.717, 1.165) is 57.2 Å². The van der Waals surface area contributed by atoms with Crippen molar-refractivity contribution in [3.05, 3.63) is 35.9 Å². The van der Waals surface area contributed by atoms with Gasteiger partial charge in [0.25, 0.3) is 5.91 Å². The van der Waals surface area contributed by atoms with Crippen LogP contribution in [0.4, 0.5) is 0 Å². The molecule has 152 valence electrons. The number of carbonyl (C=O) groups is 1. The van der Waals surface area contributed by atoms with Gasteiger partial charge in [-0.3, -0.25) is 4.79 Å². The van der Waals surface area contributed by atoms with E-state index in [-0.39, 0.29) is 24.9 Å². The molecule has 0 bridgehead atoms. The molecule has 0 aliphatic carbocycles. The number of amides is 1. The average Bonchev–Trinajstić information content (AvgIpc) is 3.16. The van der Waals surface area contributed by atoms with E-state index in [1.54, 1.807) is 13.2 Å². The van der Waals surface area contributed by atoms with Gasteiger partial charge >= 0.3 is 0 Å². The van der Waals surface area contributed by atoms with Gasteiger partial charge in [0.2, 0.25) is 0 Å². The highest BCUT2D eigenvalue weighted by atomic mass is 35.5. The molecule has 2 aliphatic heterocycles. The Labute approximate surface area is 170 Å². The molecule has 0 unspecified atom stereocenters. The number of hydrogen-bond acceptors (Lipinski definition) is 6. The normalized spacial score (nSPS) is 16.8. The van der Waals surface area contributed by atoms with E-state index < -0.39 is 0 Å². The zero-order valence-electron chi connectivity index (χ0n) is 16.0. The summed E-state index contributed by atoms with van der Waals surface area (Å²) >= 11 is 0. The van der Waals surface area contributed by atoms with Crippen molar-refractivity contribution in [1.82, 2.24) is 25.0 Å². The molecule has 1 aromatic carbocycles. The molecule has 0 radical (unpaired) electrons. The summed E-state index contributed by atoms with van der Waals surface area (Å²) in [6, 6.07) is 7.30. The van der Waals surface area contributed by atoms with Crippen LogP contribution in [-0.2, 0) is 17.9 Å². The van der Waals surface area contributed by atoms with Crippen LogP contribution in [0.2, 0.25) is 0 Å². The average molecular weight is 408 g/mol. The molecule has 4 rings (SSSR count). The fourth-order valence-corrected chi connectivity index (χ4v) is 3.73. The molecule has 9 heteroatoms. The third kappa shape index (κ3) is 4.39. The van der Waals surface area contributed by atoms with Gasteiger partial charge in [0.1, 0.15) is 23.1 Å². The van der Waals surface area contributed by atoms with Crippen LogP contribution in [0.3, 0.4) is 0 Å². The van der Waals surface area contributed by atoms with E-state index in [2.05, 4.69) is 20.1 Å². The summed E-state index contributed by atoms with van der Waals surface area (Å²) < 4.78 is 13.0. The van der Waals surface area contributed by atoms with E-state index in [4.69, 9.17) is 9.47 Å². The summed E-state index contributed by atoms with van der Waals surface area (Å²) in [7, 11) is 1.61. The topological polar surface area (TPSA) is 81.5 Å². The lowest BCUT2D eigenvalue weighted by molar-refractivity contribution is -0.134. The van der Waals surface area contributed by atoms with Gasteiger partial charge in [-0.1, -0.05) is 6.07 Å². The standard InChI is InChI=1S/C19H25N5O3.ClH/c1-26-15-3-2-4-16(11-15)27-13-18(25)23-8-5-14(6-9-23)19-22-21-17-12-20-7-10-24(17)19;/h2-4,11,14,20H,5-10,12-13H2,1H3;1H. The third-order valence-electron chi connectivity index (χ3n) is 5.27. The Hall–Kier alpha value is -2.32. The largest absolute Gasteiger partial charge is 0.497 e. The zero-order valence-corrected chi connectivity index (χ0v) is 16.8. The molecule has 28 heavy (non-hydrogen) atoms. The van der Waals surface area contributed by atoms with E-state index in [1.807, 2.05) is 23.1 Å². The summed E-state index contributed by atoms with van der Waals surface area (Å²) in [5.74, 6) is 3.83. The van der Waals surface area contributed by atoms with Crippen LogP contribution >= 0.6 is 12.4 Å². The Morgan fingerprint density at radius 2 is 2.00 bits per heavy atom. The minimum absolute atomic E-state index is 0. The number of aromatic nitrogens is 3. The molecule has 8 nitrogen and oxygen atoms in total. The molecule has 0 spiro atoms. The summed E-state index contributed by atoms with van der Waals surface area (Å²) in [6.45, 7) is 4.16. The van der Waals surface area contributed by atoms with Crippen molar-refractivity contribution in [2.45, 2.75) is 31.8 Å². The zero-order chi connectivity index (χ0) is 18.6. The number of nitrogens with one attached hydrogen (secondary N) is 1. The van der Waals surface area contributed by atoms with Crippen LogP contribution in [-0.4, -0.2) is 58.9 Å². The predicted octanol–water partition coefficient (Wildman–Crippen LogP) is 1.60. The van der Waals surface area contributed by atoms with Crippen LogP contribution in [0.1, 0.15) is 30.4 Å². The Morgan fingerprint density at radius 1 is 1.21 bits per heavy atom. The SMILES string of the molecule is COc1cccc(OCC(=O)N2CCC(c3nnc4n3CCNC4)CC2)c1.Cl. The first-order chi connectivity index (χ1) is 13.2. The van der Waals surface area contributed by atoms with E-state index in [9.17, 15) is 4.79 Å². The number of likely N-dealkylation sites (tertiary alicyclic amines) is 1. The van der Waals surface area contributed by atoms with Crippen molar-refractivity contribution in [3.63, 3.8) is 0 Å². The minimum Gasteiger partial charge on any atom is -0.497 e. The number of carbonyl (C=O) groups excluding carboxylic acids is 1. The van der Waals surface area contributed by atoms with E-state index in [0.29, 0.717) is 17.4 Å². The smallest absolute Gasteiger partial charge is 0.260 e. The van der Waals surface area contributed by atoms with Gasteiger partial charge in [0, 0.05) is 38.2 Å². The maximum absolute atomic E-state index is 12.5. The lowest BCUT2D eigenvalue weighted by Crippen LogP contribution is -2.41. The quantitative estimate of drug-likeness (QED) is 0.810. The lowest BCUT2D eigenvalue weighted by atomic mass is 9.95. The fraction of sp³-hybridized carbons (Fsp3) is 0.526. The Bertz CT molecular complexity index is 805. The molecular formula is C19H26ClN5O3. The number of benzene rings is 1. The highest BCUT2D eigenvalue weighted by Crippen LogP contribution is 2.28. The summed E-state index contributed by atoms with van der Waals surface area (Å²) in [4.78, 5) is 14.4. The number of piperidine rings is 1. The molecule has 0 atom stereocenters. The Morgan fingerprint density at radius 3 is 2.79 bits per heavy atom. The van der Waals surface area contributed by atoms with Gasteiger partial charge in [-0.2, -0.15) is 0 Å². The van der Waals surface area contributed by atoms with Crippen molar-refractivity contribution in [1.29, 1.82) is 0 Å². The number of nitrogens with zero attached hydrogens (tertiary/aromatic N) is 4.